The number of carboxylic acids is 1. The van der Waals surface area contributed by atoms with Crippen LogP contribution in [0.15, 0.2) is 27.7 Å². The molecule has 10 nitrogen and oxygen atoms in total. The van der Waals surface area contributed by atoms with Gasteiger partial charge in [-0.1, -0.05) is 23.1 Å². The number of carboxylic acid groups (broad SMARTS) is 1. The van der Waals surface area contributed by atoms with Gasteiger partial charge in [-0.2, -0.15) is 0 Å². The molecule has 2 N–H and O–H groups in total. The molecule has 4 rings (SSSR count). The third-order valence-electron chi connectivity index (χ3n) is 5.36. The number of methoxy groups -OCH3 is 1. The Labute approximate surface area is 219 Å². The highest BCUT2D eigenvalue weighted by Gasteiger charge is 2.66. The number of nitrogens with one attached hydrogen (secondary N) is 1. The Kier molecular flexibility index (Phi) is 7.88. The molecule has 1 fully saturated rings. The highest BCUT2D eigenvalue weighted by Crippen LogP contribution is 2.47. The van der Waals surface area contributed by atoms with Crippen LogP contribution < -0.4 is 5.32 Å². The Balaban J connectivity index is 1.47. The molecule has 0 aromatic carbocycles. The van der Waals surface area contributed by atoms with E-state index < -0.39 is 23.0 Å². The van der Waals surface area contributed by atoms with E-state index in [1.54, 1.807) is 11.3 Å². The predicted octanol–water partition coefficient (Wildman–Crippen LogP) is 2.02. The lowest BCUT2D eigenvalue weighted by atomic mass is 9.98. The SMILES string of the molecule is CO[C@@]1(NC(=O)Cc2ccc(CN(C)C)s2)C(=O)N2C(C(=O)O)=C(CSc3nnc(C)s3)CS[C@H]21. The molecular weight excluding hydrogens is 531 g/mol. The molecule has 14 heteroatoms. The molecule has 2 aromatic rings. The quantitative estimate of drug-likeness (QED) is 0.256. The van der Waals surface area contributed by atoms with Crippen LogP contribution in [0.1, 0.15) is 14.8 Å². The van der Waals surface area contributed by atoms with Crippen molar-refractivity contribution in [3.8, 4) is 0 Å². The Morgan fingerprint density at radius 1 is 1.31 bits per heavy atom. The Morgan fingerprint density at radius 2 is 2.06 bits per heavy atom. The fourth-order valence-corrected chi connectivity index (χ4v) is 8.39. The molecule has 2 aromatic heterocycles. The van der Waals surface area contributed by atoms with Crippen molar-refractivity contribution >= 4 is 64.0 Å². The predicted molar refractivity (Wildman–Crippen MR) is 136 cm³/mol. The standard InChI is InChI=1S/C21H25N5O5S4/c1-11-23-24-20(34-11)33-10-12-9-32-19-21(31-4,18(30)26(19)16(12)17(28)29)22-15(27)7-13-5-6-14(35-13)8-25(2)3/h5-6,19H,7-10H2,1-4H3,(H,22,27)(H,28,29)/t19-,21-/m0/s1. The Morgan fingerprint density at radius 3 is 2.69 bits per heavy atom. The summed E-state index contributed by atoms with van der Waals surface area (Å²) in [5.41, 5.74) is -1.03. The largest absolute Gasteiger partial charge is 0.477 e. The summed E-state index contributed by atoms with van der Waals surface area (Å²) in [6.07, 6.45) is 0.110. The van der Waals surface area contributed by atoms with E-state index >= 15 is 0 Å². The Bertz CT molecular complexity index is 1180. The molecule has 35 heavy (non-hydrogen) atoms. The average molecular weight is 556 g/mol. The van der Waals surface area contributed by atoms with Gasteiger partial charge in [-0.3, -0.25) is 14.5 Å². The lowest BCUT2D eigenvalue weighted by Crippen LogP contribution is -2.80. The summed E-state index contributed by atoms with van der Waals surface area (Å²) in [7, 11) is 5.31. The number of carbonyl (C=O) groups excluding carboxylic acids is 2. The number of fused-ring (bicyclic) bond motifs is 1. The second-order valence-electron chi connectivity index (χ2n) is 8.24. The molecule has 0 bridgehead atoms. The fourth-order valence-electron chi connectivity index (χ4n) is 3.86. The first kappa shape index (κ1) is 26.1. The number of carbonyl (C=O) groups is 3. The van der Waals surface area contributed by atoms with E-state index in [2.05, 4.69) is 15.5 Å². The van der Waals surface area contributed by atoms with Crippen LogP contribution in [0.5, 0.6) is 0 Å². The summed E-state index contributed by atoms with van der Waals surface area (Å²) in [6, 6.07) is 3.89. The molecule has 2 aliphatic heterocycles. The summed E-state index contributed by atoms with van der Waals surface area (Å²) < 4.78 is 6.27. The van der Waals surface area contributed by atoms with E-state index in [1.807, 2.05) is 38.1 Å². The number of hydrogen-bond acceptors (Lipinski definition) is 11. The number of thiophene rings is 1. The lowest BCUT2D eigenvalue weighted by Gasteiger charge is -2.55. The van der Waals surface area contributed by atoms with Crippen LogP contribution in [0.25, 0.3) is 0 Å². The van der Waals surface area contributed by atoms with Gasteiger partial charge in [0, 0.05) is 34.9 Å². The van der Waals surface area contributed by atoms with E-state index in [0.717, 1.165) is 25.6 Å². The summed E-state index contributed by atoms with van der Waals surface area (Å²) in [6.45, 7) is 2.63. The molecule has 0 unspecified atom stereocenters. The number of aliphatic carboxylic acids is 1. The van der Waals surface area contributed by atoms with Crippen LogP contribution >= 0.6 is 46.2 Å². The number of rotatable bonds is 10. The van der Waals surface area contributed by atoms with Gasteiger partial charge in [0.1, 0.15) is 16.1 Å². The van der Waals surface area contributed by atoms with Crippen molar-refractivity contribution in [3.63, 3.8) is 0 Å². The zero-order valence-electron chi connectivity index (χ0n) is 19.6. The number of aryl methyl sites for hydroxylation is 1. The molecule has 0 aliphatic carbocycles. The minimum atomic E-state index is -1.60. The van der Waals surface area contributed by atoms with Crippen molar-refractivity contribution in [1.29, 1.82) is 0 Å². The second kappa shape index (κ2) is 10.6. The molecule has 0 spiro atoms. The normalized spacial score (nSPS) is 21.8. The van der Waals surface area contributed by atoms with Gasteiger partial charge >= 0.3 is 5.97 Å². The maximum atomic E-state index is 13.2. The van der Waals surface area contributed by atoms with Gasteiger partial charge in [-0.15, -0.1) is 33.3 Å². The maximum Gasteiger partial charge on any atom is 0.352 e. The average Bonchev–Trinajstić information content (AvgIpc) is 3.42. The number of nitrogens with zero attached hydrogens (tertiary/aromatic N) is 4. The summed E-state index contributed by atoms with van der Waals surface area (Å²) in [4.78, 5) is 43.5. The monoisotopic (exact) mass is 555 g/mol. The molecule has 188 valence electrons. The van der Waals surface area contributed by atoms with Crippen molar-refractivity contribution in [3.05, 3.63) is 38.2 Å². The van der Waals surface area contributed by atoms with Gasteiger partial charge < -0.3 is 20.1 Å². The van der Waals surface area contributed by atoms with Crippen molar-refractivity contribution in [2.24, 2.45) is 0 Å². The highest BCUT2D eigenvalue weighted by atomic mass is 32.2. The van der Waals surface area contributed by atoms with Gasteiger partial charge in [-0.05, 0) is 38.7 Å². The Hall–Kier alpha value is -1.97. The second-order valence-corrected chi connectivity index (χ2v) is 13.0. The molecule has 2 amide bonds. The fraction of sp³-hybridized carbons (Fsp3) is 0.476. The van der Waals surface area contributed by atoms with Gasteiger partial charge in [-0.25, -0.2) is 4.79 Å². The zero-order chi connectivity index (χ0) is 25.3. The third-order valence-corrected chi connectivity index (χ3v) is 9.86. The van der Waals surface area contributed by atoms with Crippen LogP contribution in [0.4, 0.5) is 0 Å². The highest BCUT2D eigenvalue weighted by molar-refractivity contribution is 8.01. The number of amides is 2. The summed E-state index contributed by atoms with van der Waals surface area (Å²) >= 11 is 5.74. The number of ether oxygens (including phenoxy) is 1. The van der Waals surface area contributed by atoms with Crippen LogP contribution in [-0.2, 0) is 32.1 Å². The molecule has 1 saturated heterocycles. The van der Waals surface area contributed by atoms with Crippen LogP contribution in [0.2, 0.25) is 0 Å². The number of hydrogen-bond donors (Lipinski definition) is 2. The van der Waals surface area contributed by atoms with E-state index in [9.17, 15) is 19.5 Å². The molecule has 4 heterocycles. The van der Waals surface area contributed by atoms with Crippen LogP contribution in [0, 0.1) is 6.92 Å². The first-order valence-electron chi connectivity index (χ1n) is 10.6. The summed E-state index contributed by atoms with van der Waals surface area (Å²) in [5, 5.41) is 20.8. The van der Waals surface area contributed by atoms with E-state index in [1.165, 1.54) is 46.9 Å². The topological polar surface area (TPSA) is 125 Å². The smallest absolute Gasteiger partial charge is 0.352 e. The zero-order valence-corrected chi connectivity index (χ0v) is 22.8. The summed E-state index contributed by atoms with van der Waals surface area (Å²) in [5.74, 6) is -1.36. The van der Waals surface area contributed by atoms with Crippen molar-refractivity contribution in [1.82, 2.24) is 25.3 Å². The number of thioether (sulfide) groups is 2. The van der Waals surface area contributed by atoms with Gasteiger partial charge in [0.15, 0.2) is 4.34 Å². The first-order chi connectivity index (χ1) is 16.6. The molecule has 2 aliphatic rings. The van der Waals surface area contributed by atoms with E-state index in [-0.39, 0.29) is 18.0 Å². The first-order valence-corrected chi connectivity index (χ1v) is 14.2. The van der Waals surface area contributed by atoms with E-state index in [0.29, 0.717) is 17.1 Å². The maximum absolute atomic E-state index is 13.2. The third kappa shape index (κ3) is 5.27. The lowest BCUT2D eigenvalue weighted by molar-refractivity contribution is -0.192. The molecule has 2 atom stereocenters. The van der Waals surface area contributed by atoms with Crippen LogP contribution in [-0.4, -0.2) is 86.7 Å². The van der Waals surface area contributed by atoms with Crippen LogP contribution in [0.3, 0.4) is 0 Å². The van der Waals surface area contributed by atoms with Gasteiger partial charge in [0.05, 0.1) is 6.42 Å². The molecule has 0 saturated carbocycles. The van der Waals surface area contributed by atoms with Crippen molar-refractivity contribution in [2.75, 3.05) is 32.7 Å². The minimum Gasteiger partial charge on any atom is -0.477 e. The number of aromatic nitrogens is 2. The number of β-lactam (4-membered cyclic amide) rings is 1. The molecular formula is C21H25N5O5S4. The minimum absolute atomic E-state index is 0.0546. The van der Waals surface area contributed by atoms with Crippen molar-refractivity contribution in [2.45, 2.75) is 35.3 Å². The van der Waals surface area contributed by atoms with E-state index in [4.69, 9.17) is 4.74 Å². The van der Waals surface area contributed by atoms with Crippen molar-refractivity contribution < 1.29 is 24.2 Å². The van der Waals surface area contributed by atoms with Gasteiger partial charge in [0.25, 0.3) is 11.6 Å². The van der Waals surface area contributed by atoms with Gasteiger partial charge in [0.2, 0.25) is 5.91 Å². The molecule has 0 radical (unpaired) electrons.